The Hall–Kier alpha value is -2.74. The fourth-order valence-electron chi connectivity index (χ4n) is 4.61. The predicted octanol–water partition coefficient (Wildman–Crippen LogP) is 3.69. The Kier molecular flexibility index (Phi) is 5.99. The Balaban J connectivity index is 2.30. The first-order valence-electron chi connectivity index (χ1n) is 9.65. The molecular formula is C21H25ClN2O6. The number of benzene rings is 1. The SMILES string of the molecule is CC1=C(C(CCO[N+](=O)[O-])(c2ccc(Cl)cc2)C(C)(C)C(=O)O)C2=COCC2CN1. The molecule has 0 fully saturated rings. The van der Waals surface area contributed by atoms with Gasteiger partial charge in [-0.05, 0) is 50.5 Å². The Morgan fingerprint density at radius 1 is 1.40 bits per heavy atom. The van der Waals surface area contributed by atoms with Gasteiger partial charge in [0.15, 0.2) is 0 Å². The number of nitrogens with one attached hydrogen (secondary N) is 1. The molecule has 162 valence electrons. The van der Waals surface area contributed by atoms with Crippen LogP contribution in [-0.4, -0.2) is 35.9 Å². The van der Waals surface area contributed by atoms with E-state index in [1.54, 1.807) is 44.4 Å². The molecule has 0 aromatic heterocycles. The number of nitrogens with zero attached hydrogens (tertiary/aromatic N) is 1. The summed E-state index contributed by atoms with van der Waals surface area (Å²) < 4.78 is 5.59. The van der Waals surface area contributed by atoms with Crippen LogP contribution < -0.4 is 5.32 Å². The molecular weight excluding hydrogens is 412 g/mol. The number of hydrogen-bond acceptors (Lipinski definition) is 6. The standard InChI is InChI=1S/C21H25ClN2O6/c1-13-18(17-12-29-11-14(17)10-23-13)21(8-9-30-24(27)28,20(2,3)19(25)26)15-4-6-16(22)7-5-15/h4-7,12,14,23H,8-11H2,1-3H3,(H,25,26). The zero-order chi connectivity index (χ0) is 22.1. The molecule has 0 bridgehead atoms. The van der Waals surface area contributed by atoms with Crippen LogP contribution in [0, 0.1) is 21.4 Å². The molecule has 0 amide bonds. The van der Waals surface area contributed by atoms with Gasteiger partial charge >= 0.3 is 5.97 Å². The zero-order valence-corrected chi connectivity index (χ0v) is 17.9. The average molecular weight is 437 g/mol. The van der Waals surface area contributed by atoms with Crippen molar-refractivity contribution in [2.45, 2.75) is 32.6 Å². The maximum absolute atomic E-state index is 12.6. The summed E-state index contributed by atoms with van der Waals surface area (Å²) >= 11 is 6.10. The smallest absolute Gasteiger partial charge is 0.310 e. The Morgan fingerprint density at radius 3 is 2.67 bits per heavy atom. The van der Waals surface area contributed by atoms with Crippen LogP contribution in [0.2, 0.25) is 5.02 Å². The molecule has 0 radical (unpaired) electrons. The summed E-state index contributed by atoms with van der Waals surface area (Å²) in [5, 5.41) is 24.1. The highest BCUT2D eigenvalue weighted by atomic mass is 35.5. The van der Waals surface area contributed by atoms with Crippen LogP contribution >= 0.6 is 11.6 Å². The molecule has 2 N–H and O–H groups in total. The van der Waals surface area contributed by atoms with Crippen molar-refractivity contribution in [2.75, 3.05) is 19.8 Å². The Bertz CT molecular complexity index is 909. The number of aliphatic carboxylic acids is 1. The van der Waals surface area contributed by atoms with Crippen molar-refractivity contribution in [3.63, 3.8) is 0 Å². The number of ether oxygens (including phenoxy) is 1. The summed E-state index contributed by atoms with van der Waals surface area (Å²) in [5.41, 5.74) is 0.706. The van der Waals surface area contributed by atoms with Gasteiger partial charge in [-0.3, -0.25) is 4.79 Å². The number of fused-ring (bicyclic) bond motifs is 1. The van der Waals surface area contributed by atoms with Crippen LogP contribution in [0.25, 0.3) is 0 Å². The van der Waals surface area contributed by atoms with Gasteiger partial charge in [0.2, 0.25) is 0 Å². The second-order valence-electron chi connectivity index (χ2n) is 8.13. The van der Waals surface area contributed by atoms with E-state index in [9.17, 15) is 20.0 Å². The van der Waals surface area contributed by atoms with Gasteiger partial charge in [0.25, 0.3) is 5.09 Å². The Labute approximate surface area is 179 Å². The van der Waals surface area contributed by atoms with Crippen molar-refractivity contribution in [2.24, 2.45) is 11.3 Å². The monoisotopic (exact) mass is 436 g/mol. The lowest BCUT2D eigenvalue weighted by atomic mass is 9.53. The van der Waals surface area contributed by atoms with Gasteiger partial charge in [-0.15, -0.1) is 10.1 Å². The lowest BCUT2D eigenvalue weighted by Gasteiger charge is -2.49. The van der Waals surface area contributed by atoms with E-state index in [-0.39, 0.29) is 18.9 Å². The first kappa shape index (κ1) is 22.0. The zero-order valence-electron chi connectivity index (χ0n) is 17.1. The molecule has 2 atom stereocenters. The molecule has 9 heteroatoms. The first-order valence-corrected chi connectivity index (χ1v) is 10.0. The quantitative estimate of drug-likeness (QED) is 0.472. The second-order valence-corrected chi connectivity index (χ2v) is 8.57. The van der Waals surface area contributed by atoms with E-state index in [2.05, 4.69) is 10.2 Å². The minimum absolute atomic E-state index is 0.0661. The molecule has 1 aromatic rings. The minimum atomic E-state index is -1.34. The van der Waals surface area contributed by atoms with Crippen molar-refractivity contribution in [3.8, 4) is 0 Å². The largest absolute Gasteiger partial charge is 0.500 e. The van der Waals surface area contributed by atoms with Crippen LogP contribution in [-0.2, 0) is 19.8 Å². The molecule has 0 saturated heterocycles. The third-order valence-electron chi connectivity index (χ3n) is 6.26. The Morgan fingerprint density at radius 2 is 2.07 bits per heavy atom. The molecule has 2 aliphatic rings. The third-order valence-corrected chi connectivity index (χ3v) is 6.52. The van der Waals surface area contributed by atoms with Gasteiger partial charge in [-0.25, -0.2) is 0 Å². The maximum atomic E-state index is 12.6. The molecule has 3 rings (SSSR count). The van der Waals surface area contributed by atoms with Crippen molar-refractivity contribution in [1.82, 2.24) is 5.32 Å². The normalized spacial score (nSPS) is 20.4. The lowest BCUT2D eigenvalue weighted by molar-refractivity contribution is -0.758. The van der Waals surface area contributed by atoms with Gasteiger partial charge in [0.05, 0.1) is 24.9 Å². The summed E-state index contributed by atoms with van der Waals surface area (Å²) in [5.74, 6) is -0.961. The topological polar surface area (TPSA) is 111 Å². The highest BCUT2D eigenvalue weighted by Crippen LogP contribution is 2.55. The number of carbonyl (C=O) groups is 1. The third kappa shape index (κ3) is 3.60. The van der Waals surface area contributed by atoms with Crippen molar-refractivity contribution >= 4 is 17.6 Å². The van der Waals surface area contributed by atoms with E-state index in [1.807, 2.05) is 6.92 Å². The van der Waals surface area contributed by atoms with Crippen molar-refractivity contribution < 1.29 is 24.6 Å². The van der Waals surface area contributed by atoms with Crippen molar-refractivity contribution in [1.29, 1.82) is 0 Å². The molecule has 0 saturated carbocycles. The molecule has 8 nitrogen and oxygen atoms in total. The summed E-state index contributed by atoms with van der Waals surface area (Å²) in [6.45, 7) is 6.07. The highest BCUT2D eigenvalue weighted by molar-refractivity contribution is 6.30. The highest BCUT2D eigenvalue weighted by Gasteiger charge is 2.56. The summed E-state index contributed by atoms with van der Waals surface area (Å²) in [4.78, 5) is 28.1. The fourth-order valence-corrected chi connectivity index (χ4v) is 4.74. The van der Waals surface area contributed by atoms with Crippen LogP contribution in [0.1, 0.15) is 32.8 Å². The number of allylic oxidation sites excluding steroid dienone is 2. The van der Waals surface area contributed by atoms with Crippen LogP contribution in [0.15, 0.2) is 47.4 Å². The van der Waals surface area contributed by atoms with E-state index in [4.69, 9.17) is 16.3 Å². The van der Waals surface area contributed by atoms with Crippen LogP contribution in [0.5, 0.6) is 0 Å². The minimum Gasteiger partial charge on any atom is -0.500 e. The summed E-state index contributed by atoms with van der Waals surface area (Å²) in [7, 11) is 0. The number of halogens is 1. The van der Waals surface area contributed by atoms with Crippen molar-refractivity contribution in [3.05, 3.63) is 68.1 Å². The molecule has 2 unspecified atom stereocenters. The number of rotatable bonds is 8. The predicted molar refractivity (Wildman–Crippen MR) is 110 cm³/mol. The van der Waals surface area contributed by atoms with E-state index in [0.717, 1.165) is 16.8 Å². The molecule has 30 heavy (non-hydrogen) atoms. The number of carboxylic acid groups (broad SMARTS) is 1. The van der Waals surface area contributed by atoms with E-state index >= 15 is 0 Å². The van der Waals surface area contributed by atoms with Gasteiger partial charge in [-0.1, -0.05) is 23.7 Å². The van der Waals surface area contributed by atoms with E-state index < -0.39 is 21.9 Å². The summed E-state index contributed by atoms with van der Waals surface area (Å²) in [6, 6.07) is 6.95. The fraction of sp³-hybridized carbons (Fsp3) is 0.476. The summed E-state index contributed by atoms with van der Waals surface area (Å²) in [6.07, 6.45) is 1.76. The molecule has 0 spiro atoms. The van der Waals surface area contributed by atoms with E-state index in [0.29, 0.717) is 23.7 Å². The number of carboxylic acids is 1. The number of hydrogen-bond donors (Lipinski definition) is 2. The van der Waals surface area contributed by atoms with Crippen LogP contribution in [0.3, 0.4) is 0 Å². The first-order chi connectivity index (χ1) is 14.1. The van der Waals surface area contributed by atoms with E-state index in [1.165, 1.54) is 0 Å². The van der Waals surface area contributed by atoms with Gasteiger partial charge in [-0.2, -0.15) is 0 Å². The van der Waals surface area contributed by atoms with Crippen LogP contribution in [0.4, 0.5) is 0 Å². The molecule has 2 heterocycles. The van der Waals surface area contributed by atoms with Gasteiger partial charge in [0.1, 0.15) is 0 Å². The molecule has 2 aliphatic heterocycles. The molecule has 1 aromatic carbocycles. The van der Waals surface area contributed by atoms with Gasteiger partial charge in [0, 0.05) is 34.2 Å². The maximum Gasteiger partial charge on any atom is 0.310 e. The average Bonchev–Trinajstić information content (AvgIpc) is 3.15. The second kappa shape index (κ2) is 8.18. The lowest BCUT2D eigenvalue weighted by Crippen LogP contribution is -2.52. The molecule has 0 aliphatic carbocycles. The van der Waals surface area contributed by atoms with Gasteiger partial charge < -0.3 is 20.0 Å².